The average Bonchev–Trinajstić information content (AvgIpc) is 3.14. The molecule has 1 aliphatic heterocycles. The van der Waals surface area contributed by atoms with Gasteiger partial charge in [0.2, 0.25) is 31.9 Å². The van der Waals surface area contributed by atoms with E-state index >= 15 is 0 Å². The quantitative estimate of drug-likeness (QED) is 0.640. The minimum absolute atomic E-state index is 0.0514. The van der Waals surface area contributed by atoms with Crippen LogP contribution in [0.25, 0.3) is 0 Å². The highest BCUT2D eigenvalue weighted by atomic mass is 32.2. The van der Waals surface area contributed by atoms with Gasteiger partial charge in [-0.25, -0.2) is 21.1 Å². The lowest BCUT2D eigenvalue weighted by molar-refractivity contribution is -0.119. The summed E-state index contributed by atoms with van der Waals surface area (Å²) in [5.74, 6) is -1.56. The van der Waals surface area contributed by atoms with Gasteiger partial charge in [0.25, 0.3) is 0 Å². The van der Waals surface area contributed by atoms with Crippen LogP contribution >= 0.6 is 0 Å². The fraction of sp³-hybridized carbons (Fsp3) is 0.353. The zero-order chi connectivity index (χ0) is 22.3. The number of nitrogens with one attached hydrogen (secondary N) is 2. The zero-order valence-corrected chi connectivity index (χ0v) is 18.0. The standard InChI is InChI=1S/C17H20N4O7S2/c1-10-9-29(24,25)21(17(10)23)13-4-6-14(7-5-13)30(26,27)20-12(3)16(22)18-15-8-11(2)28-19-15/h4-8,10,12,20H,9H2,1-3H3,(H,18,19,22)/t10?,12-/m0/s1. The van der Waals surface area contributed by atoms with Crippen molar-refractivity contribution in [2.24, 2.45) is 5.92 Å². The van der Waals surface area contributed by atoms with Crippen molar-refractivity contribution in [1.29, 1.82) is 0 Å². The van der Waals surface area contributed by atoms with Crippen LogP contribution in [0.4, 0.5) is 11.5 Å². The van der Waals surface area contributed by atoms with Crippen LogP contribution in [-0.4, -0.2) is 45.6 Å². The van der Waals surface area contributed by atoms with Crippen molar-refractivity contribution < 1.29 is 30.9 Å². The van der Waals surface area contributed by atoms with Gasteiger partial charge >= 0.3 is 0 Å². The maximum Gasteiger partial charge on any atom is 0.244 e. The normalized spacial score (nSPS) is 19.6. The van der Waals surface area contributed by atoms with E-state index in [2.05, 4.69) is 15.2 Å². The monoisotopic (exact) mass is 456 g/mol. The number of aromatic nitrogens is 1. The smallest absolute Gasteiger partial charge is 0.244 e. The van der Waals surface area contributed by atoms with Crippen molar-refractivity contribution in [1.82, 2.24) is 9.88 Å². The van der Waals surface area contributed by atoms with Gasteiger partial charge in [0, 0.05) is 6.07 Å². The molecule has 3 rings (SSSR count). The molecule has 0 bridgehead atoms. The Bertz CT molecular complexity index is 1190. The third-order valence-corrected chi connectivity index (χ3v) is 7.77. The first kappa shape index (κ1) is 21.9. The molecule has 1 aromatic heterocycles. The Morgan fingerprint density at radius 3 is 2.43 bits per heavy atom. The third kappa shape index (κ3) is 4.37. The van der Waals surface area contributed by atoms with E-state index in [9.17, 15) is 26.4 Å². The molecule has 2 N–H and O–H groups in total. The van der Waals surface area contributed by atoms with E-state index < -0.39 is 43.8 Å². The highest BCUT2D eigenvalue weighted by Crippen LogP contribution is 2.29. The Kier molecular flexibility index (Phi) is 5.71. The van der Waals surface area contributed by atoms with Gasteiger partial charge in [-0.2, -0.15) is 4.72 Å². The Balaban J connectivity index is 1.73. The Morgan fingerprint density at radius 2 is 1.93 bits per heavy atom. The molecule has 2 aromatic rings. The second kappa shape index (κ2) is 7.81. The van der Waals surface area contributed by atoms with Gasteiger partial charge < -0.3 is 9.84 Å². The number of carbonyl (C=O) groups excluding carboxylic acids is 2. The molecule has 0 spiro atoms. The molecule has 1 aromatic carbocycles. The van der Waals surface area contributed by atoms with E-state index in [0.29, 0.717) is 10.1 Å². The predicted molar refractivity (Wildman–Crippen MR) is 107 cm³/mol. The summed E-state index contributed by atoms with van der Waals surface area (Å²) in [4.78, 5) is 24.1. The SMILES string of the molecule is Cc1cc(NC(=O)[C@H](C)NS(=O)(=O)c2ccc(N3C(=O)C(C)CS3(=O)=O)cc2)no1. The van der Waals surface area contributed by atoms with Crippen LogP contribution in [0.3, 0.4) is 0 Å². The van der Waals surface area contributed by atoms with Crippen molar-refractivity contribution in [3.63, 3.8) is 0 Å². The number of nitrogens with zero attached hydrogens (tertiary/aromatic N) is 2. The number of aryl methyl sites for hydroxylation is 1. The average molecular weight is 457 g/mol. The van der Waals surface area contributed by atoms with Crippen LogP contribution in [0.5, 0.6) is 0 Å². The van der Waals surface area contributed by atoms with Gasteiger partial charge in [-0.15, -0.1) is 0 Å². The van der Waals surface area contributed by atoms with Crippen LogP contribution in [0.2, 0.25) is 0 Å². The second-order valence-corrected chi connectivity index (χ2v) is 10.5. The number of anilines is 2. The van der Waals surface area contributed by atoms with Crippen LogP contribution in [-0.2, 0) is 29.6 Å². The maximum absolute atomic E-state index is 12.6. The summed E-state index contributed by atoms with van der Waals surface area (Å²) < 4.78 is 57.1. The molecule has 0 aliphatic carbocycles. The number of amides is 2. The molecule has 162 valence electrons. The Hall–Kier alpha value is -2.77. The number of hydrogen-bond donors (Lipinski definition) is 2. The van der Waals surface area contributed by atoms with Crippen molar-refractivity contribution in [3.05, 3.63) is 36.1 Å². The minimum atomic E-state index is -4.09. The maximum atomic E-state index is 12.6. The minimum Gasteiger partial charge on any atom is -0.360 e. The summed E-state index contributed by atoms with van der Waals surface area (Å²) in [7, 11) is -7.89. The molecule has 1 fully saturated rings. The summed E-state index contributed by atoms with van der Waals surface area (Å²) in [6, 6.07) is 5.12. The largest absolute Gasteiger partial charge is 0.360 e. The van der Waals surface area contributed by atoms with Crippen molar-refractivity contribution in [2.75, 3.05) is 15.4 Å². The van der Waals surface area contributed by atoms with Gasteiger partial charge in [0.1, 0.15) is 5.76 Å². The van der Waals surface area contributed by atoms with Crippen molar-refractivity contribution in [2.45, 2.75) is 31.7 Å². The van der Waals surface area contributed by atoms with Gasteiger partial charge in [0.05, 0.1) is 28.3 Å². The van der Waals surface area contributed by atoms with E-state index in [0.717, 1.165) is 12.1 Å². The molecule has 0 radical (unpaired) electrons. The predicted octanol–water partition coefficient (Wildman–Crippen LogP) is 0.601. The molecular formula is C17H20N4O7S2. The van der Waals surface area contributed by atoms with E-state index in [1.807, 2.05) is 0 Å². The van der Waals surface area contributed by atoms with E-state index in [1.165, 1.54) is 32.0 Å². The Morgan fingerprint density at radius 1 is 1.30 bits per heavy atom. The first-order chi connectivity index (χ1) is 13.9. The van der Waals surface area contributed by atoms with Gasteiger partial charge in [-0.1, -0.05) is 12.1 Å². The summed E-state index contributed by atoms with van der Waals surface area (Å²) in [5.41, 5.74) is 0.0514. The summed E-state index contributed by atoms with van der Waals surface area (Å²) >= 11 is 0. The summed E-state index contributed by atoms with van der Waals surface area (Å²) in [6.45, 7) is 4.50. The molecular weight excluding hydrogens is 436 g/mol. The van der Waals surface area contributed by atoms with Crippen LogP contribution < -0.4 is 14.3 Å². The molecule has 30 heavy (non-hydrogen) atoms. The fourth-order valence-corrected chi connectivity index (χ4v) is 5.89. The lowest BCUT2D eigenvalue weighted by atomic mass is 10.2. The Labute approximate surface area is 173 Å². The summed E-state index contributed by atoms with van der Waals surface area (Å²) in [6.07, 6.45) is 0. The fourth-order valence-electron chi connectivity index (χ4n) is 2.86. The van der Waals surface area contributed by atoms with Crippen molar-refractivity contribution >= 4 is 43.4 Å². The molecule has 2 atom stereocenters. The first-order valence-electron chi connectivity index (χ1n) is 8.84. The lowest BCUT2D eigenvalue weighted by Crippen LogP contribution is -2.41. The van der Waals surface area contributed by atoms with Gasteiger partial charge in [0.15, 0.2) is 5.82 Å². The molecule has 1 saturated heterocycles. The van der Waals surface area contributed by atoms with Gasteiger partial charge in [-0.3, -0.25) is 9.59 Å². The number of carbonyl (C=O) groups is 2. The second-order valence-electron chi connectivity index (χ2n) is 6.93. The number of benzene rings is 1. The van der Waals surface area contributed by atoms with E-state index in [1.54, 1.807) is 6.92 Å². The first-order valence-corrected chi connectivity index (χ1v) is 11.9. The highest BCUT2D eigenvalue weighted by molar-refractivity contribution is 7.94. The number of sulfonamides is 2. The van der Waals surface area contributed by atoms with E-state index in [4.69, 9.17) is 4.52 Å². The summed E-state index contributed by atoms with van der Waals surface area (Å²) in [5, 5.41) is 6.02. The van der Waals surface area contributed by atoms with E-state index in [-0.39, 0.29) is 22.2 Å². The zero-order valence-electron chi connectivity index (χ0n) is 16.3. The van der Waals surface area contributed by atoms with Crippen LogP contribution in [0.15, 0.2) is 39.8 Å². The number of rotatable bonds is 6. The molecule has 1 unspecified atom stereocenters. The molecule has 11 nitrogen and oxygen atoms in total. The van der Waals surface area contributed by atoms with Crippen LogP contribution in [0, 0.1) is 12.8 Å². The van der Waals surface area contributed by atoms with Gasteiger partial charge in [-0.05, 0) is 38.1 Å². The number of hydrogen-bond acceptors (Lipinski definition) is 8. The highest BCUT2D eigenvalue weighted by Gasteiger charge is 2.42. The molecule has 2 amide bonds. The van der Waals surface area contributed by atoms with Crippen molar-refractivity contribution in [3.8, 4) is 0 Å². The third-order valence-electron chi connectivity index (χ3n) is 4.35. The molecule has 2 heterocycles. The topological polar surface area (TPSA) is 156 Å². The molecule has 0 saturated carbocycles. The molecule has 1 aliphatic rings. The van der Waals surface area contributed by atoms with Crippen LogP contribution in [0.1, 0.15) is 19.6 Å². The lowest BCUT2D eigenvalue weighted by Gasteiger charge is -2.16. The molecule has 13 heteroatoms.